The van der Waals surface area contributed by atoms with Crippen LogP contribution in [0, 0.1) is 0 Å². The van der Waals surface area contributed by atoms with E-state index in [9.17, 15) is 0 Å². The van der Waals surface area contributed by atoms with Crippen molar-refractivity contribution >= 4 is 29.9 Å². The Morgan fingerprint density at radius 3 is 2.76 bits per heavy atom. The number of benzene rings is 1. The molecule has 1 aromatic carbocycles. The summed E-state index contributed by atoms with van der Waals surface area (Å²) < 4.78 is 5.34. The summed E-state index contributed by atoms with van der Waals surface area (Å²) in [5, 5.41) is 3.35. The van der Waals surface area contributed by atoms with Crippen LogP contribution >= 0.6 is 24.0 Å². The monoisotopic (exact) mass is 397 g/mol. The fourth-order valence-corrected chi connectivity index (χ4v) is 2.59. The van der Waals surface area contributed by atoms with Crippen LogP contribution in [-0.2, 0) is 19.5 Å². The second kappa shape index (κ2) is 7.49. The molecule has 0 spiro atoms. The number of fused-ring (bicyclic) bond motifs is 1. The number of rotatable bonds is 2. The van der Waals surface area contributed by atoms with Crippen molar-refractivity contribution in [2.45, 2.75) is 19.5 Å². The van der Waals surface area contributed by atoms with Crippen LogP contribution < -0.4 is 5.32 Å². The number of halogens is 1. The van der Waals surface area contributed by atoms with E-state index in [1.54, 1.807) is 6.26 Å². The van der Waals surface area contributed by atoms with Gasteiger partial charge in [0.25, 0.3) is 0 Å². The molecule has 3 rings (SSSR count). The standard InChI is InChI=1S/C16H19N3O.HI/c1-17-16(18-11-15-7-4-10-20-15)19-9-8-13-5-2-3-6-14(13)12-19;/h2-7,10H,8-9,11-12H2,1H3,(H,17,18);1H. The average Bonchev–Trinajstić information content (AvgIpc) is 3.01. The molecule has 1 aliphatic heterocycles. The highest BCUT2D eigenvalue weighted by Gasteiger charge is 2.18. The van der Waals surface area contributed by atoms with Crippen LogP contribution in [0.1, 0.15) is 16.9 Å². The van der Waals surface area contributed by atoms with Gasteiger partial charge in [0.1, 0.15) is 5.76 Å². The molecule has 2 aromatic rings. The molecule has 1 N–H and O–H groups in total. The van der Waals surface area contributed by atoms with Crippen LogP contribution in [0.15, 0.2) is 52.1 Å². The molecule has 0 atom stereocenters. The third-order valence-electron chi connectivity index (χ3n) is 3.64. The minimum absolute atomic E-state index is 0. The maximum absolute atomic E-state index is 5.34. The summed E-state index contributed by atoms with van der Waals surface area (Å²) in [4.78, 5) is 6.66. The predicted molar refractivity (Wildman–Crippen MR) is 94.9 cm³/mol. The van der Waals surface area contributed by atoms with Gasteiger partial charge in [0, 0.05) is 20.1 Å². The van der Waals surface area contributed by atoms with Crippen molar-refractivity contribution in [3.8, 4) is 0 Å². The normalized spacial score (nSPS) is 14.3. The average molecular weight is 397 g/mol. The Bertz CT molecular complexity index is 595. The van der Waals surface area contributed by atoms with Crippen molar-refractivity contribution in [1.82, 2.24) is 10.2 Å². The molecule has 21 heavy (non-hydrogen) atoms. The number of hydrogen-bond donors (Lipinski definition) is 1. The van der Waals surface area contributed by atoms with Crippen molar-refractivity contribution < 1.29 is 4.42 Å². The van der Waals surface area contributed by atoms with Crippen LogP contribution in [0.4, 0.5) is 0 Å². The fraction of sp³-hybridized carbons (Fsp3) is 0.312. The van der Waals surface area contributed by atoms with Gasteiger partial charge in [-0.25, -0.2) is 0 Å². The lowest BCUT2D eigenvalue weighted by Crippen LogP contribution is -2.43. The Kier molecular flexibility index (Phi) is 5.67. The van der Waals surface area contributed by atoms with Gasteiger partial charge in [-0.2, -0.15) is 0 Å². The van der Waals surface area contributed by atoms with Gasteiger partial charge in [-0.05, 0) is 29.7 Å². The summed E-state index contributed by atoms with van der Waals surface area (Å²) in [7, 11) is 1.82. The van der Waals surface area contributed by atoms with E-state index in [1.165, 1.54) is 11.1 Å². The minimum Gasteiger partial charge on any atom is -0.467 e. The van der Waals surface area contributed by atoms with Crippen LogP contribution in [-0.4, -0.2) is 24.5 Å². The topological polar surface area (TPSA) is 40.8 Å². The van der Waals surface area contributed by atoms with Gasteiger partial charge in [-0.3, -0.25) is 4.99 Å². The van der Waals surface area contributed by atoms with Crippen molar-refractivity contribution in [2.75, 3.05) is 13.6 Å². The van der Waals surface area contributed by atoms with Gasteiger partial charge >= 0.3 is 0 Å². The van der Waals surface area contributed by atoms with Crippen LogP contribution in [0.3, 0.4) is 0 Å². The molecular formula is C16H20IN3O. The molecule has 0 unspecified atom stereocenters. The SMILES string of the molecule is CN=C(NCc1ccco1)N1CCc2ccccc2C1.I. The predicted octanol–water partition coefficient (Wildman–Crippen LogP) is 3.03. The number of aliphatic imine (C=N–C) groups is 1. The molecule has 112 valence electrons. The van der Waals surface area contributed by atoms with E-state index in [0.717, 1.165) is 31.2 Å². The highest BCUT2D eigenvalue weighted by atomic mass is 127. The van der Waals surface area contributed by atoms with Crippen molar-refractivity contribution in [3.05, 3.63) is 59.5 Å². The molecule has 0 bridgehead atoms. The van der Waals surface area contributed by atoms with E-state index in [1.807, 2.05) is 19.2 Å². The van der Waals surface area contributed by atoms with Gasteiger partial charge < -0.3 is 14.6 Å². The van der Waals surface area contributed by atoms with Crippen LogP contribution in [0.2, 0.25) is 0 Å². The Morgan fingerprint density at radius 1 is 1.24 bits per heavy atom. The first kappa shape index (κ1) is 15.9. The van der Waals surface area contributed by atoms with Crippen molar-refractivity contribution in [1.29, 1.82) is 0 Å². The van der Waals surface area contributed by atoms with Gasteiger partial charge in [0.05, 0.1) is 12.8 Å². The van der Waals surface area contributed by atoms with E-state index >= 15 is 0 Å². The third-order valence-corrected chi connectivity index (χ3v) is 3.64. The Balaban J connectivity index is 0.00000161. The lowest BCUT2D eigenvalue weighted by atomic mass is 10.0. The van der Waals surface area contributed by atoms with Gasteiger partial charge in [-0.1, -0.05) is 24.3 Å². The molecule has 0 radical (unpaired) electrons. The Hall–Kier alpha value is -1.50. The molecule has 5 heteroatoms. The molecule has 1 aromatic heterocycles. The first-order valence-corrected chi connectivity index (χ1v) is 6.91. The highest BCUT2D eigenvalue weighted by molar-refractivity contribution is 14.0. The number of furan rings is 1. The fourth-order valence-electron chi connectivity index (χ4n) is 2.59. The van der Waals surface area contributed by atoms with Crippen LogP contribution in [0.25, 0.3) is 0 Å². The Morgan fingerprint density at radius 2 is 2.05 bits per heavy atom. The smallest absolute Gasteiger partial charge is 0.194 e. The summed E-state index contributed by atoms with van der Waals surface area (Å²) >= 11 is 0. The minimum atomic E-state index is 0. The van der Waals surface area contributed by atoms with Gasteiger partial charge in [-0.15, -0.1) is 24.0 Å². The summed E-state index contributed by atoms with van der Waals surface area (Å²) in [6.45, 7) is 2.57. The number of hydrogen-bond acceptors (Lipinski definition) is 2. The van der Waals surface area contributed by atoms with Crippen LogP contribution in [0.5, 0.6) is 0 Å². The van der Waals surface area contributed by atoms with Crippen molar-refractivity contribution in [3.63, 3.8) is 0 Å². The summed E-state index contributed by atoms with van der Waals surface area (Å²) in [6.07, 6.45) is 2.76. The zero-order chi connectivity index (χ0) is 13.8. The summed E-state index contributed by atoms with van der Waals surface area (Å²) in [5.74, 6) is 1.85. The molecule has 1 aliphatic rings. The molecule has 4 nitrogen and oxygen atoms in total. The molecular weight excluding hydrogens is 377 g/mol. The molecule has 0 aliphatic carbocycles. The van der Waals surface area contributed by atoms with Gasteiger partial charge in [0.15, 0.2) is 5.96 Å². The van der Waals surface area contributed by atoms with Crippen molar-refractivity contribution in [2.24, 2.45) is 4.99 Å². The van der Waals surface area contributed by atoms with E-state index in [2.05, 4.69) is 39.5 Å². The maximum atomic E-state index is 5.34. The molecule has 2 heterocycles. The third kappa shape index (κ3) is 3.78. The first-order valence-electron chi connectivity index (χ1n) is 6.91. The molecule has 0 saturated heterocycles. The second-order valence-electron chi connectivity index (χ2n) is 4.92. The second-order valence-corrected chi connectivity index (χ2v) is 4.92. The summed E-state index contributed by atoms with van der Waals surface area (Å²) in [6, 6.07) is 12.5. The molecule has 0 saturated carbocycles. The zero-order valence-electron chi connectivity index (χ0n) is 12.1. The van der Waals surface area contributed by atoms with E-state index in [4.69, 9.17) is 4.42 Å². The van der Waals surface area contributed by atoms with Gasteiger partial charge in [0.2, 0.25) is 0 Å². The maximum Gasteiger partial charge on any atom is 0.194 e. The first-order chi connectivity index (χ1) is 9.86. The molecule has 0 fully saturated rings. The zero-order valence-corrected chi connectivity index (χ0v) is 14.4. The largest absolute Gasteiger partial charge is 0.467 e. The molecule has 0 amide bonds. The number of guanidine groups is 1. The summed E-state index contributed by atoms with van der Waals surface area (Å²) in [5.41, 5.74) is 2.84. The number of nitrogens with zero attached hydrogens (tertiary/aromatic N) is 2. The van der Waals surface area contributed by atoms with E-state index < -0.39 is 0 Å². The highest BCUT2D eigenvalue weighted by Crippen LogP contribution is 2.18. The number of nitrogens with one attached hydrogen (secondary N) is 1. The van der Waals surface area contributed by atoms with E-state index in [0.29, 0.717) is 6.54 Å². The Labute approximate surface area is 142 Å². The quantitative estimate of drug-likeness (QED) is 0.481. The van der Waals surface area contributed by atoms with E-state index in [-0.39, 0.29) is 24.0 Å². The lowest BCUT2D eigenvalue weighted by molar-refractivity contribution is 0.375. The lowest BCUT2D eigenvalue weighted by Gasteiger charge is -2.31.